The van der Waals surface area contributed by atoms with E-state index >= 15 is 0 Å². The van der Waals surface area contributed by atoms with E-state index in [4.69, 9.17) is 18.9 Å². The summed E-state index contributed by atoms with van der Waals surface area (Å²) in [6.45, 7) is 0.563. The zero-order valence-corrected chi connectivity index (χ0v) is 20.9. The monoisotopic (exact) mass is 580 g/mol. The largest absolute Gasteiger partial charge is 0.493 e. The van der Waals surface area contributed by atoms with E-state index in [2.05, 4.69) is 57.4 Å². The van der Waals surface area contributed by atoms with E-state index in [-0.39, 0.29) is 12.7 Å². The van der Waals surface area contributed by atoms with Crippen molar-refractivity contribution in [2.45, 2.75) is 6.61 Å². The predicted octanol–water partition coefficient (Wildman–Crippen LogP) is 5.52. The summed E-state index contributed by atoms with van der Waals surface area (Å²) in [5.41, 5.74) is 4.81. The van der Waals surface area contributed by atoms with Gasteiger partial charge in [0.1, 0.15) is 6.61 Å². The minimum absolute atomic E-state index is 0.153. The highest BCUT2D eigenvalue weighted by Gasteiger charge is 2.16. The number of fused-ring (bicyclic) bond motifs is 2. The first-order valence-electron chi connectivity index (χ1n) is 10.8. The number of halogens is 1. The van der Waals surface area contributed by atoms with Crippen molar-refractivity contribution in [2.75, 3.05) is 13.9 Å². The highest BCUT2D eigenvalue weighted by Crippen LogP contribution is 2.35. The van der Waals surface area contributed by atoms with Crippen molar-refractivity contribution in [3.8, 4) is 23.0 Å². The zero-order chi connectivity index (χ0) is 24.2. The Labute approximate surface area is 215 Å². The van der Waals surface area contributed by atoms with Crippen molar-refractivity contribution in [3.63, 3.8) is 0 Å². The maximum absolute atomic E-state index is 12.4. The van der Waals surface area contributed by atoms with E-state index in [0.29, 0.717) is 35.2 Å². The molecule has 0 radical (unpaired) electrons. The molecular formula is C27H21IN2O5. The second kappa shape index (κ2) is 10.2. The maximum atomic E-state index is 12.4. The molecule has 0 saturated carbocycles. The molecule has 1 amide bonds. The van der Waals surface area contributed by atoms with Crippen LogP contribution in [0.4, 0.5) is 0 Å². The molecule has 0 aromatic heterocycles. The zero-order valence-electron chi connectivity index (χ0n) is 18.8. The summed E-state index contributed by atoms with van der Waals surface area (Å²) >= 11 is 2.21. The summed E-state index contributed by atoms with van der Waals surface area (Å²) < 4.78 is 23.2. The number of nitrogens with zero attached hydrogens (tertiary/aromatic N) is 1. The normalized spacial score (nSPS) is 12.2. The van der Waals surface area contributed by atoms with Crippen molar-refractivity contribution in [3.05, 3.63) is 93.1 Å². The Hall–Kier alpha value is -3.79. The van der Waals surface area contributed by atoms with Gasteiger partial charge in [-0.05, 0) is 74.8 Å². The van der Waals surface area contributed by atoms with Crippen LogP contribution in [0, 0.1) is 3.57 Å². The smallest absolute Gasteiger partial charge is 0.271 e. The third-order valence-corrected chi connectivity index (χ3v) is 6.32. The number of rotatable bonds is 7. The Bertz CT molecular complexity index is 1430. The van der Waals surface area contributed by atoms with E-state index in [9.17, 15) is 4.79 Å². The fourth-order valence-electron chi connectivity index (χ4n) is 3.79. The van der Waals surface area contributed by atoms with Gasteiger partial charge in [-0.25, -0.2) is 5.43 Å². The second-order valence-corrected chi connectivity index (χ2v) is 8.89. The van der Waals surface area contributed by atoms with Crippen LogP contribution in [0.15, 0.2) is 77.9 Å². The van der Waals surface area contributed by atoms with Crippen LogP contribution in [0.5, 0.6) is 23.0 Å². The molecule has 176 valence electrons. The Morgan fingerprint density at radius 2 is 1.89 bits per heavy atom. The Morgan fingerprint density at radius 3 is 2.77 bits per heavy atom. The Morgan fingerprint density at radius 1 is 1.06 bits per heavy atom. The summed E-state index contributed by atoms with van der Waals surface area (Å²) in [6.07, 6.45) is 1.56. The first-order chi connectivity index (χ1) is 17.1. The van der Waals surface area contributed by atoms with E-state index in [1.807, 2.05) is 30.3 Å². The van der Waals surface area contributed by atoms with Crippen molar-refractivity contribution < 1.29 is 23.7 Å². The van der Waals surface area contributed by atoms with Crippen molar-refractivity contribution in [1.29, 1.82) is 0 Å². The number of hydrogen-bond donors (Lipinski definition) is 1. The summed E-state index contributed by atoms with van der Waals surface area (Å²) in [7, 11) is 1.60. The minimum Gasteiger partial charge on any atom is -0.493 e. The number of hydrogen-bond acceptors (Lipinski definition) is 6. The van der Waals surface area contributed by atoms with Gasteiger partial charge in [-0.1, -0.05) is 42.5 Å². The van der Waals surface area contributed by atoms with Gasteiger partial charge < -0.3 is 18.9 Å². The van der Waals surface area contributed by atoms with Crippen LogP contribution in [0.1, 0.15) is 21.5 Å². The van der Waals surface area contributed by atoms with Gasteiger partial charge in [-0.3, -0.25) is 4.79 Å². The number of benzene rings is 4. The lowest BCUT2D eigenvalue weighted by Crippen LogP contribution is -2.17. The molecule has 7 nitrogen and oxygen atoms in total. The van der Waals surface area contributed by atoms with Gasteiger partial charge in [-0.2, -0.15) is 5.10 Å². The molecule has 0 fully saturated rings. The molecule has 1 aliphatic heterocycles. The molecule has 4 aromatic rings. The number of amides is 1. The average molecular weight is 580 g/mol. The van der Waals surface area contributed by atoms with E-state index in [1.54, 1.807) is 31.5 Å². The van der Waals surface area contributed by atoms with Crippen LogP contribution >= 0.6 is 22.6 Å². The van der Waals surface area contributed by atoms with Gasteiger partial charge in [0.2, 0.25) is 6.79 Å². The molecule has 1 N–H and O–H groups in total. The van der Waals surface area contributed by atoms with Gasteiger partial charge >= 0.3 is 0 Å². The molecule has 0 spiro atoms. The van der Waals surface area contributed by atoms with E-state index in [0.717, 1.165) is 20.1 Å². The molecular weight excluding hydrogens is 559 g/mol. The number of methoxy groups -OCH3 is 1. The summed E-state index contributed by atoms with van der Waals surface area (Å²) in [4.78, 5) is 12.4. The second-order valence-electron chi connectivity index (χ2n) is 7.73. The molecule has 0 bridgehead atoms. The number of carbonyl (C=O) groups excluding carboxylic acids is 1. The van der Waals surface area contributed by atoms with Crippen molar-refractivity contribution in [1.82, 2.24) is 5.43 Å². The SMILES string of the molecule is COc1cc(C=NNC(=O)c2ccc3c(c2)OCO3)cc(I)c1OCc1cccc2ccccc12. The maximum Gasteiger partial charge on any atom is 0.271 e. The van der Waals surface area contributed by atoms with E-state index < -0.39 is 0 Å². The Balaban J connectivity index is 1.28. The standard InChI is InChI=1S/C27H21IN2O5/c1-32-25-12-17(14-29-30-27(31)19-9-10-23-24(13-19)35-16-34-23)11-22(28)26(25)33-15-20-7-4-6-18-5-2-3-8-21(18)20/h2-14H,15-16H2,1H3,(H,30,31). The number of hydrazone groups is 1. The van der Waals surface area contributed by atoms with Gasteiger partial charge in [0.05, 0.1) is 16.9 Å². The third-order valence-electron chi connectivity index (χ3n) is 5.52. The lowest BCUT2D eigenvalue weighted by molar-refractivity contribution is 0.0954. The molecule has 1 heterocycles. The molecule has 35 heavy (non-hydrogen) atoms. The van der Waals surface area contributed by atoms with Crippen molar-refractivity contribution >= 4 is 45.5 Å². The van der Waals surface area contributed by atoms with Gasteiger partial charge in [0.15, 0.2) is 23.0 Å². The van der Waals surface area contributed by atoms with Crippen LogP contribution in [0.3, 0.4) is 0 Å². The lowest BCUT2D eigenvalue weighted by Gasteiger charge is -2.14. The number of ether oxygens (including phenoxy) is 4. The molecule has 5 rings (SSSR count). The average Bonchev–Trinajstić information content (AvgIpc) is 3.36. The number of nitrogens with one attached hydrogen (secondary N) is 1. The highest BCUT2D eigenvalue weighted by atomic mass is 127. The van der Waals surface area contributed by atoms with Crippen molar-refractivity contribution in [2.24, 2.45) is 5.10 Å². The molecule has 0 aliphatic carbocycles. The third kappa shape index (κ3) is 5.02. The van der Waals surface area contributed by atoms with Crippen LogP contribution < -0.4 is 24.4 Å². The van der Waals surface area contributed by atoms with E-state index in [1.165, 1.54) is 5.39 Å². The molecule has 0 unspecified atom stereocenters. The molecule has 1 aliphatic rings. The van der Waals surface area contributed by atoms with Crippen LogP contribution in [-0.4, -0.2) is 26.0 Å². The topological polar surface area (TPSA) is 78.4 Å². The van der Waals surface area contributed by atoms with Crippen LogP contribution in [0.25, 0.3) is 10.8 Å². The number of carbonyl (C=O) groups is 1. The van der Waals surface area contributed by atoms with Gasteiger partial charge in [0, 0.05) is 5.56 Å². The quantitative estimate of drug-likeness (QED) is 0.177. The van der Waals surface area contributed by atoms with Gasteiger partial charge in [0.25, 0.3) is 5.91 Å². The molecule has 4 aromatic carbocycles. The summed E-state index contributed by atoms with van der Waals surface area (Å²) in [5, 5.41) is 6.42. The molecule has 0 atom stereocenters. The predicted molar refractivity (Wildman–Crippen MR) is 142 cm³/mol. The first kappa shape index (κ1) is 23.0. The minimum atomic E-state index is -0.351. The summed E-state index contributed by atoms with van der Waals surface area (Å²) in [6, 6.07) is 23.1. The lowest BCUT2D eigenvalue weighted by atomic mass is 10.1. The molecule has 8 heteroatoms. The summed E-state index contributed by atoms with van der Waals surface area (Å²) in [5.74, 6) is 2.05. The van der Waals surface area contributed by atoms with Crippen LogP contribution in [-0.2, 0) is 6.61 Å². The molecule has 0 saturated heterocycles. The fraction of sp³-hybridized carbons (Fsp3) is 0.111. The first-order valence-corrected chi connectivity index (χ1v) is 11.9. The highest BCUT2D eigenvalue weighted by molar-refractivity contribution is 14.1. The van der Waals surface area contributed by atoms with Crippen LogP contribution in [0.2, 0.25) is 0 Å². The Kier molecular flexibility index (Phi) is 6.71. The van der Waals surface area contributed by atoms with Gasteiger partial charge in [-0.15, -0.1) is 0 Å². The fourth-order valence-corrected chi connectivity index (χ4v) is 4.57.